The second kappa shape index (κ2) is 51.6. The molecule has 0 aliphatic carbocycles. The Hall–Kier alpha value is -3.41. The average Bonchev–Trinajstić information content (AvgIpc) is 3.63. The number of nitrogens with one attached hydrogen (secondary N) is 3. The minimum absolute atomic E-state index is 0.00682. The van der Waals surface area contributed by atoms with Crippen LogP contribution in [0.4, 0.5) is 5.69 Å². The summed E-state index contributed by atoms with van der Waals surface area (Å²) in [4.78, 5) is 39.3. The lowest BCUT2D eigenvalue weighted by Gasteiger charge is -2.33. The van der Waals surface area contributed by atoms with Crippen molar-refractivity contribution >= 4 is 23.4 Å². The third kappa shape index (κ3) is 39.4. The zero-order valence-electron chi connectivity index (χ0n) is 48.3. The second-order valence-electron chi connectivity index (χ2n) is 19.1. The first-order valence-electron chi connectivity index (χ1n) is 27.7. The SMILES string of the molecule is CC(C)[C@H](N)C(=O)N[C@@H](CCCCNC(=O)CCOCCOCOCOCOCOCOCOCOCCOCCOCCOCCOCCN(C[C@H](O)[C@@H](O)[C@H](O)[C@H](O)CO)C[C@H](O)[C@@H](O)[C@H](O)[C@H](O)CO)C(=O)Nc1ccc(CO)cc1. The molecule has 1 aromatic rings. The van der Waals surface area contributed by atoms with Gasteiger partial charge in [-0.3, -0.25) is 19.3 Å². The maximum absolute atomic E-state index is 13.1. The number of nitrogens with zero attached hydrogens (tertiary/aromatic N) is 1. The van der Waals surface area contributed by atoms with Gasteiger partial charge in [-0.2, -0.15) is 0 Å². The molecular formula is C52H97N5O27. The van der Waals surface area contributed by atoms with Crippen LogP contribution in [0.15, 0.2) is 24.3 Å². The van der Waals surface area contributed by atoms with E-state index < -0.39 is 99.0 Å². The zero-order chi connectivity index (χ0) is 62.2. The van der Waals surface area contributed by atoms with Crippen LogP contribution in [0.3, 0.4) is 0 Å². The molecule has 1 rings (SSSR count). The molecule has 0 fully saturated rings. The summed E-state index contributed by atoms with van der Waals surface area (Å²) in [5.74, 6) is -1.13. The number of hydrogen-bond acceptors (Lipinski definition) is 29. The fourth-order valence-electron chi connectivity index (χ4n) is 6.87. The molecular weight excluding hydrogens is 1130 g/mol. The highest BCUT2D eigenvalue weighted by atomic mass is 16.8. The molecule has 1 aromatic carbocycles. The van der Waals surface area contributed by atoms with Crippen molar-refractivity contribution < 1.29 is 132 Å². The van der Waals surface area contributed by atoms with E-state index in [4.69, 9.17) is 77.5 Å². The van der Waals surface area contributed by atoms with Gasteiger partial charge in [-0.25, -0.2) is 0 Å². The van der Waals surface area contributed by atoms with E-state index in [9.17, 15) is 60.3 Å². The Morgan fingerprint density at radius 3 is 1.31 bits per heavy atom. The first kappa shape index (κ1) is 78.6. The van der Waals surface area contributed by atoms with Gasteiger partial charge in [0.25, 0.3) is 0 Å². The van der Waals surface area contributed by atoms with Crippen LogP contribution in [0.25, 0.3) is 0 Å². The van der Waals surface area contributed by atoms with Gasteiger partial charge in [-0.15, -0.1) is 0 Å². The highest BCUT2D eigenvalue weighted by Gasteiger charge is 2.34. The van der Waals surface area contributed by atoms with Crippen LogP contribution in [0, 0.1) is 5.92 Å². The van der Waals surface area contributed by atoms with E-state index in [1.165, 1.54) is 4.90 Å². The van der Waals surface area contributed by atoms with Crippen molar-refractivity contribution in [3.63, 3.8) is 0 Å². The van der Waals surface area contributed by atoms with E-state index in [0.717, 1.165) is 0 Å². The molecule has 0 aliphatic rings. The molecule has 10 atom stereocenters. The number of amides is 3. The summed E-state index contributed by atoms with van der Waals surface area (Å²) in [5, 5.41) is 116. The number of carbonyl (C=O) groups excluding carboxylic acids is 3. The number of rotatable bonds is 58. The molecule has 0 saturated carbocycles. The number of aliphatic hydroxyl groups is 11. The van der Waals surface area contributed by atoms with Gasteiger partial charge in [0.05, 0.1) is 117 Å². The van der Waals surface area contributed by atoms with Crippen molar-refractivity contribution in [3.8, 4) is 0 Å². The fourth-order valence-corrected chi connectivity index (χ4v) is 6.87. The molecule has 3 amide bonds. The third-order valence-corrected chi connectivity index (χ3v) is 11.9. The highest BCUT2D eigenvalue weighted by Crippen LogP contribution is 2.14. The number of hydrogen-bond donors (Lipinski definition) is 15. The van der Waals surface area contributed by atoms with Crippen LogP contribution in [0.5, 0.6) is 0 Å². The molecule has 0 saturated heterocycles. The highest BCUT2D eigenvalue weighted by molar-refractivity contribution is 5.97. The predicted octanol–water partition coefficient (Wildman–Crippen LogP) is -5.65. The van der Waals surface area contributed by atoms with Crippen molar-refractivity contribution in [2.75, 3.05) is 172 Å². The minimum Gasteiger partial charge on any atom is -0.394 e. The average molecular weight is 1220 g/mol. The van der Waals surface area contributed by atoms with Crippen molar-refractivity contribution in [1.82, 2.24) is 15.5 Å². The Morgan fingerprint density at radius 1 is 0.500 bits per heavy atom. The Bertz CT molecular complexity index is 1710. The Labute approximate surface area is 490 Å². The number of ether oxygens (including phenoxy) is 13. The normalized spacial score (nSPS) is 15.5. The molecule has 32 nitrogen and oxygen atoms in total. The minimum atomic E-state index is -1.90. The number of unbranched alkanes of at least 4 members (excludes halogenated alkanes) is 1. The topological polar surface area (TPSA) is 459 Å². The summed E-state index contributed by atoms with van der Waals surface area (Å²) in [7, 11) is 0. The summed E-state index contributed by atoms with van der Waals surface area (Å²) < 4.78 is 68.8. The maximum Gasteiger partial charge on any atom is 0.246 e. The Balaban J connectivity index is 1.95. The summed E-state index contributed by atoms with van der Waals surface area (Å²) in [6.07, 6.45) is -12.8. The second-order valence-corrected chi connectivity index (χ2v) is 19.1. The molecule has 492 valence electrons. The van der Waals surface area contributed by atoms with Gasteiger partial charge in [0.2, 0.25) is 17.7 Å². The first-order chi connectivity index (χ1) is 40.5. The molecule has 16 N–H and O–H groups in total. The quantitative estimate of drug-likeness (QED) is 0.0214. The number of benzene rings is 1. The van der Waals surface area contributed by atoms with Crippen molar-refractivity contribution in [2.45, 2.75) is 107 Å². The van der Waals surface area contributed by atoms with E-state index >= 15 is 0 Å². The lowest BCUT2D eigenvalue weighted by atomic mass is 10.0. The lowest BCUT2D eigenvalue weighted by Crippen LogP contribution is -2.53. The summed E-state index contributed by atoms with van der Waals surface area (Å²) in [6.45, 7) is 3.48. The van der Waals surface area contributed by atoms with Crippen molar-refractivity contribution in [1.29, 1.82) is 0 Å². The van der Waals surface area contributed by atoms with Gasteiger partial charge in [-0.1, -0.05) is 26.0 Å². The van der Waals surface area contributed by atoms with E-state index in [0.29, 0.717) is 56.9 Å². The van der Waals surface area contributed by atoms with Crippen LogP contribution in [-0.4, -0.2) is 306 Å². The molecule has 0 spiro atoms. The van der Waals surface area contributed by atoms with Crippen LogP contribution >= 0.6 is 0 Å². The van der Waals surface area contributed by atoms with Gasteiger partial charge in [0, 0.05) is 38.3 Å². The summed E-state index contributed by atoms with van der Waals surface area (Å²) in [5.41, 5.74) is 7.22. The summed E-state index contributed by atoms with van der Waals surface area (Å²) >= 11 is 0. The zero-order valence-corrected chi connectivity index (χ0v) is 48.3. The predicted molar refractivity (Wildman–Crippen MR) is 292 cm³/mol. The largest absolute Gasteiger partial charge is 0.394 e. The van der Waals surface area contributed by atoms with Gasteiger partial charge in [0.1, 0.15) is 56.3 Å². The molecule has 0 aromatic heterocycles. The lowest BCUT2D eigenvalue weighted by molar-refractivity contribution is -0.222. The molecule has 0 radical (unpaired) electrons. The molecule has 0 heterocycles. The molecule has 0 aliphatic heterocycles. The molecule has 84 heavy (non-hydrogen) atoms. The fraction of sp³-hybridized carbons (Fsp3) is 0.827. The number of carbonyl (C=O) groups is 3. The van der Waals surface area contributed by atoms with E-state index in [1.54, 1.807) is 24.3 Å². The van der Waals surface area contributed by atoms with Crippen LogP contribution in [-0.2, 0) is 82.6 Å². The van der Waals surface area contributed by atoms with Gasteiger partial charge < -0.3 is 139 Å². The van der Waals surface area contributed by atoms with Gasteiger partial charge in [-0.05, 0) is 42.9 Å². The van der Waals surface area contributed by atoms with Gasteiger partial charge in [0.15, 0.2) is 34.0 Å². The Kier molecular flexibility index (Phi) is 48.3. The van der Waals surface area contributed by atoms with E-state index in [1.807, 2.05) is 13.8 Å². The van der Waals surface area contributed by atoms with Crippen LogP contribution in [0.2, 0.25) is 0 Å². The van der Waals surface area contributed by atoms with Crippen molar-refractivity contribution in [2.24, 2.45) is 11.7 Å². The Morgan fingerprint density at radius 2 is 0.893 bits per heavy atom. The smallest absolute Gasteiger partial charge is 0.246 e. The number of anilines is 1. The number of aliphatic hydroxyl groups excluding tert-OH is 11. The standard InChI is InChI=1S/C52H97N5O27/c1-37(2)46(53)52(71)56-40(51(70)55-39-8-6-38(27-58)7-9-39)5-3-4-11-54-45(65)10-13-72-21-23-77-30-79-32-81-34-83-36-84-35-82-33-80-31-78-24-22-76-20-19-75-18-17-74-16-15-73-14-12-57(25-41(61)47(66)49(68)43(63)28-59)26-42(62)48(67)50(69)44(64)29-60/h6-9,37,40-44,46-50,58-64,66-69H,3-5,10-36,53H2,1-2H3,(H,54,65)(H,55,70)(H,56,71)/t40-,41-,42-,43+,44+,46-,47+,48+,49+,50+/m0/s1. The molecule has 32 heteroatoms. The monoisotopic (exact) mass is 1220 g/mol. The van der Waals surface area contributed by atoms with E-state index in [2.05, 4.69) is 16.0 Å². The van der Waals surface area contributed by atoms with E-state index in [-0.39, 0.29) is 138 Å². The maximum atomic E-state index is 13.1. The summed E-state index contributed by atoms with van der Waals surface area (Å²) in [6, 6.07) is 5.10. The first-order valence-corrected chi connectivity index (χ1v) is 27.7. The molecule has 0 unspecified atom stereocenters. The third-order valence-electron chi connectivity index (χ3n) is 11.9. The number of nitrogens with two attached hydrogens (primary N) is 1. The van der Waals surface area contributed by atoms with Crippen LogP contribution < -0.4 is 21.7 Å². The van der Waals surface area contributed by atoms with Gasteiger partial charge >= 0.3 is 0 Å². The molecule has 0 bridgehead atoms. The van der Waals surface area contributed by atoms with Crippen molar-refractivity contribution in [3.05, 3.63) is 29.8 Å². The van der Waals surface area contributed by atoms with Crippen LogP contribution in [0.1, 0.15) is 45.1 Å².